The summed E-state index contributed by atoms with van der Waals surface area (Å²) in [6, 6.07) is 4.57. The number of morpholine rings is 1. The highest BCUT2D eigenvalue weighted by Gasteiger charge is 2.35. The predicted molar refractivity (Wildman–Crippen MR) is 171 cm³/mol. The van der Waals surface area contributed by atoms with E-state index in [0.717, 1.165) is 76.7 Å². The van der Waals surface area contributed by atoms with Crippen LogP contribution in [0.5, 0.6) is 0 Å². The van der Waals surface area contributed by atoms with E-state index in [0.29, 0.717) is 48.3 Å². The minimum atomic E-state index is -4.51. The zero-order valence-electron chi connectivity index (χ0n) is 27.2. The Kier molecular flexibility index (Phi) is 11.5. The van der Waals surface area contributed by atoms with Crippen molar-refractivity contribution >= 4 is 10.0 Å². The van der Waals surface area contributed by atoms with Crippen LogP contribution in [0.25, 0.3) is 11.3 Å². The summed E-state index contributed by atoms with van der Waals surface area (Å²) in [5.41, 5.74) is 1.86. The molecule has 46 heavy (non-hydrogen) atoms. The third-order valence-corrected chi connectivity index (χ3v) is 10.7. The van der Waals surface area contributed by atoms with Crippen molar-refractivity contribution in [1.82, 2.24) is 29.2 Å². The second-order valence-corrected chi connectivity index (χ2v) is 15.3. The first kappa shape index (κ1) is 35.2. The van der Waals surface area contributed by atoms with Gasteiger partial charge < -0.3 is 20.1 Å². The van der Waals surface area contributed by atoms with E-state index in [1.807, 2.05) is 0 Å². The zero-order valence-corrected chi connectivity index (χ0v) is 28.0. The maximum absolute atomic E-state index is 14.0. The molecule has 0 amide bonds. The van der Waals surface area contributed by atoms with Gasteiger partial charge in [0, 0.05) is 68.6 Å². The monoisotopic (exact) mass is 670 g/mol. The van der Waals surface area contributed by atoms with Gasteiger partial charge in [0.2, 0.25) is 10.0 Å². The Morgan fingerprint density at radius 1 is 1.09 bits per heavy atom. The number of nitrogens with zero attached hydrogens (tertiary/aromatic N) is 5. The Hall–Kier alpha value is -2.07. The lowest BCUT2D eigenvalue weighted by Crippen LogP contribution is -2.50. The minimum Gasteiger partial charge on any atom is -0.390 e. The number of rotatable bonds is 12. The molecular formula is C32H49F3N6O4S. The lowest BCUT2D eigenvalue weighted by Gasteiger charge is -2.40. The van der Waals surface area contributed by atoms with Crippen LogP contribution in [0.4, 0.5) is 13.2 Å². The number of aliphatic hydroxyl groups excluding tert-OH is 1. The Balaban J connectivity index is 1.35. The van der Waals surface area contributed by atoms with Gasteiger partial charge in [0.15, 0.2) is 0 Å². The van der Waals surface area contributed by atoms with E-state index >= 15 is 0 Å². The van der Waals surface area contributed by atoms with Crippen molar-refractivity contribution < 1.29 is 31.4 Å². The van der Waals surface area contributed by atoms with Crippen LogP contribution in [0.15, 0.2) is 18.2 Å². The first-order valence-electron chi connectivity index (χ1n) is 16.5. The average Bonchev–Trinajstić information content (AvgIpc) is 3.36. The predicted octanol–water partition coefficient (Wildman–Crippen LogP) is 3.18. The van der Waals surface area contributed by atoms with Crippen LogP contribution in [0.3, 0.4) is 0 Å². The number of ether oxygens (including phenoxy) is 1. The van der Waals surface area contributed by atoms with Gasteiger partial charge >= 0.3 is 6.18 Å². The second-order valence-electron chi connectivity index (χ2n) is 13.4. The van der Waals surface area contributed by atoms with Crippen molar-refractivity contribution in [3.05, 3.63) is 40.6 Å². The Morgan fingerprint density at radius 2 is 1.80 bits per heavy atom. The number of nitrogens with one attached hydrogen (secondary N) is 1. The summed E-state index contributed by atoms with van der Waals surface area (Å²) in [6.07, 6.45) is -0.743. The van der Waals surface area contributed by atoms with Crippen LogP contribution in [0, 0.1) is 5.92 Å². The van der Waals surface area contributed by atoms with Gasteiger partial charge in [0.25, 0.3) is 0 Å². The molecule has 14 heteroatoms. The molecule has 0 saturated carbocycles. The van der Waals surface area contributed by atoms with Gasteiger partial charge in [-0.05, 0) is 62.5 Å². The van der Waals surface area contributed by atoms with Gasteiger partial charge in [-0.2, -0.15) is 22.6 Å². The maximum Gasteiger partial charge on any atom is 0.416 e. The number of sulfonamides is 1. The fourth-order valence-corrected chi connectivity index (χ4v) is 7.66. The zero-order chi connectivity index (χ0) is 33.1. The Labute approximate surface area is 270 Å². The molecule has 1 unspecified atom stereocenters. The van der Waals surface area contributed by atoms with E-state index in [2.05, 4.69) is 29.0 Å². The molecule has 258 valence electrons. The lowest BCUT2D eigenvalue weighted by molar-refractivity contribution is -0.138. The molecule has 4 heterocycles. The minimum absolute atomic E-state index is 0.0503. The SMILES string of the molecule is CC(C)CCNCc1cc(-c2nn(CC(O)CN3CCC(N4CCOCC4)CC3)c3c2CN(S(C)(=O)=O)CC3)ccc1C(F)(F)F. The first-order chi connectivity index (χ1) is 21.8. The molecule has 0 spiro atoms. The van der Waals surface area contributed by atoms with Crippen molar-refractivity contribution in [2.75, 3.05) is 65.3 Å². The number of piperidine rings is 1. The van der Waals surface area contributed by atoms with Crippen LogP contribution >= 0.6 is 0 Å². The summed E-state index contributed by atoms with van der Waals surface area (Å²) in [5, 5.41) is 19.2. The molecular weight excluding hydrogens is 621 g/mol. The van der Waals surface area contributed by atoms with Gasteiger partial charge in [0.05, 0.1) is 43.4 Å². The molecule has 10 nitrogen and oxygen atoms in total. The number of benzene rings is 1. The smallest absolute Gasteiger partial charge is 0.390 e. The fraction of sp³-hybridized carbons (Fsp3) is 0.719. The van der Waals surface area contributed by atoms with Crippen LogP contribution in [0.2, 0.25) is 0 Å². The number of likely N-dealkylation sites (tertiary alicyclic amines) is 1. The van der Waals surface area contributed by atoms with Crippen LogP contribution in [-0.2, 0) is 47.0 Å². The number of hydrogen-bond acceptors (Lipinski definition) is 8. The molecule has 0 radical (unpaired) electrons. The molecule has 2 N–H and O–H groups in total. The van der Waals surface area contributed by atoms with Crippen molar-refractivity contribution in [1.29, 1.82) is 0 Å². The Morgan fingerprint density at radius 3 is 2.46 bits per heavy atom. The summed E-state index contributed by atoms with van der Waals surface area (Å²) < 4.78 is 75.5. The highest BCUT2D eigenvalue weighted by Crippen LogP contribution is 2.37. The van der Waals surface area contributed by atoms with Crippen molar-refractivity contribution in [3.63, 3.8) is 0 Å². The highest BCUT2D eigenvalue weighted by molar-refractivity contribution is 7.88. The van der Waals surface area contributed by atoms with E-state index in [1.54, 1.807) is 4.68 Å². The van der Waals surface area contributed by atoms with E-state index in [-0.39, 0.29) is 31.7 Å². The molecule has 0 aliphatic carbocycles. The molecule has 5 rings (SSSR count). The average molecular weight is 671 g/mol. The quantitative estimate of drug-likeness (QED) is 0.332. The van der Waals surface area contributed by atoms with Crippen LogP contribution in [-0.4, -0.2) is 115 Å². The summed E-state index contributed by atoms with van der Waals surface area (Å²) in [5.74, 6) is 0.423. The fourth-order valence-electron chi connectivity index (χ4n) is 6.87. The van der Waals surface area contributed by atoms with Crippen molar-refractivity contribution in [3.8, 4) is 11.3 Å². The molecule has 2 saturated heterocycles. The van der Waals surface area contributed by atoms with Crippen molar-refractivity contribution in [2.24, 2.45) is 5.92 Å². The molecule has 0 bridgehead atoms. The normalized spacial score (nSPS) is 20.3. The van der Waals surface area contributed by atoms with Gasteiger partial charge in [-0.3, -0.25) is 9.58 Å². The lowest BCUT2D eigenvalue weighted by atomic mass is 9.97. The van der Waals surface area contributed by atoms with Gasteiger partial charge in [-0.25, -0.2) is 8.42 Å². The van der Waals surface area contributed by atoms with Crippen molar-refractivity contribution in [2.45, 2.75) is 77.5 Å². The number of β-amino-alcohol motifs (C(OH)–C–C–N with tert-alkyl or cyclic N) is 1. The van der Waals surface area contributed by atoms with E-state index in [1.165, 1.54) is 16.4 Å². The molecule has 1 aromatic carbocycles. The van der Waals surface area contributed by atoms with E-state index in [9.17, 15) is 26.7 Å². The number of aromatic nitrogens is 2. The third kappa shape index (κ3) is 8.88. The van der Waals surface area contributed by atoms with Gasteiger partial charge in [0.1, 0.15) is 0 Å². The first-order valence-corrected chi connectivity index (χ1v) is 18.3. The third-order valence-electron chi connectivity index (χ3n) is 9.44. The number of hydrogen-bond donors (Lipinski definition) is 2. The van der Waals surface area contributed by atoms with Crippen LogP contribution < -0.4 is 5.32 Å². The largest absolute Gasteiger partial charge is 0.416 e. The molecule has 2 aromatic rings. The number of aliphatic hydroxyl groups is 1. The molecule has 3 aliphatic heterocycles. The topological polar surface area (TPSA) is 103 Å². The molecule has 1 atom stereocenters. The van der Waals surface area contributed by atoms with E-state index in [4.69, 9.17) is 9.84 Å². The van der Waals surface area contributed by atoms with Gasteiger partial charge in [-0.1, -0.05) is 19.9 Å². The summed E-state index contributed by atoms with van der Waals surface area (Å²) in [6.45, 7) is 11.1. The highest BCUT2D eigenvalue weighted by atomic mass is 32.2. The summed E-state index contributed by atoms with van der Waals surface area (Å²) >= 11 is 0. The molecule has 2 fully saturated rings. The van der Waals surface area contributed by atoms with Crippen LogP contribution in [0.1, 0.15) is 55.5 Å². The number of fused-ring (bicyclic) bond motifs is 1. The standard InChI is InChI=1S/C32H49F3N6O4S/c1-23(2)6-10-36-19-25-18-24(4-5-29(25)32(33,34)35)31-28-22-40(46(3,43)44)13-9-30(28)41(37-31)21-27(42)20-38-11-7-26(8-12-38)39-14-16-45-17-15-39/h4-5,18,23,26-27,36,42H,6-17,19-22H2,1-3H3. The maximum atomic E-state index is 14.0. The number of halogens is 3. The summed E-state index contributed by atoms with van der Waals surface area (Å²) in [4.78, 5) is 4.78. The molecule has 1 aromatic heterocycles. The van der Waals surface area contributed by atoms with Gasteiger partial charge in [-0.15, -0.1) is 0 Å². The summed E-state index contributed by atoms with van der Waals surface area (Å²) in [7, 11) is -3.50. The number of alkyl halides is 3. The second kappa shape index (κ2) is 15.0. The Bertz CT molecular complexity index is 1420. The van der Waals surface area contributed by atoms with E-state index < -0.39 is 27.9 Å². The molecule has 3 aliphatic rings.